The lowest BCUT2D eigenvalue weighted by Gasteiger charge is -2.33. The fraction of sp³-hybridized carbons (Fsp3) is 0.650. The van der Waals surface area contributed by atoms with E-state index in [1.807, 2.05) is 7.05 Å². The Balaban J connectivity index is 0.00000169. The van der Waals surface area contributed by atoms with Crippen LogP contribution in [0.3, 0.4) is 0 Å². The molecule has 2 aliphatic heterocycles. The molecular weight excluding hydrogens is 369 g/mol. The zero-order valence-corrected chi connectivity index (χ0v) is 17.6. The first-order valence-corrected chi connectivity index (χ1v) is 9.48. The highest BCUT2D eigenvalue weighted by molar-refractivity contribution is 6.00. The number of hydrogen-bond acceptors (Lipinski definition) is 3. The molecule has 26 heavy (non-hydrogen) atoms. The molecule has 2 aliphatic rings. The molecule has 1 amide bonds. The summed E-state index contributed by atoms with van der Waals surface area (Å²) in [6.45, 7) is 7.12. The summed E-state index contributed by atoms with van der Waals surface area (Å²) in [5.41, 5.74) is 3.22. The summed E-state index contributed by atoms with van der Waals surface area (Å²) < 4.78 is 0. The SMILES string of the molecule is CNCCC1CCN(C(=O)c2cc(C)ccc2N2CCCC2)CC1.Cl.Cl. The second-order valence-electron chi connectivity index (χ2n) is 7.34. The van der Waals surface area contributed by atoms with E-state index in [1.165, 1.54) is 24.8 Å². The minimum atomic E-state index is 0. The summed E-state index contributed by atoms with van der Waals surface area (Å²) in [6.07, 6.45) is 5.97. The summed E-state index contributed by atoms with van der Waals surface area (Å²) >= 11 is 0. The number of likely N-dealkylation sites (tertiary alicyclic amines) is 1. The smallest absolute Gasteiger partial charge is 0.255 e. The van der Waals surface area contributed by atoms with E-state index in [4.69, 9.17) is 0 Å². The number of halogens is 2. The number of carbonyl (C=O) groups excluding carboxylic acids is 1. The minimum absolute atomic E-state index is 0. The molecule has 148 valence electrons. The summed E-state index contributed by atoms with van der Waals surface area (Å²) in [4.78, 5) is 17.6. The molecule has 0 aromatic heterocycles. The van der Waals surface area contributed by atoms with Crippen LogP contribution >= 0.6 is 24.8 Å². The number of rotatable bonds is 5. The Kier molecular flexibility index (Phi) is 9.77. The van der Waals surface area contributed by atoms with Gasteiger partial charge in [0.05, 0.1) is 5.56 Å². The summed E-state index contributed by atoms with van der Waals surface area (Å²) in [7, 11) is 2.01. The lowest BCUT2D eigenvalue weighted by Crippen LogP contribution is -2.39. The molecule has 0 aliphatic carbocycles. The number of carbonyl (C=O) groups is 1. The monoisotopic (exact) mass is 401 g/mol. The van der Waals surface area contributed by atoms with E-state index in [2.05, 4.69) is 40.2 Å². The van der Waals surface area contributed by atoms with Crippen LogP contribution in [-0.4, -0.2) is 50.6 Å². The van der Waals surface area contributed by atoms with Crippen LogP contribution in [0.2, 0.25) is 0 Å². The van der Waals surface area contributed by atoms with E-state index >= 15 is 0 Å². The van der Waals surface area contributed by atoms with Crippen LogP contribution in [0.1, 0.15) is 48.0 Å². The molecule has 6 heteroatoms. The van der Waals surface area contributed by atoms with Crippen molar-refractivity contribution >= 4 is 36.4 Å². The van der Waals surface area contributed by atoms with Gasteiger partial charge in [0.1, 0.15) is 0 Å². The van der Waals surface area contributed by atoms with Gasteiger partial charge in [-0.15, -0.1) is 24.8 Å². The molecule has 3 rings (SSSR count). The van der Waals surface area contributed by atoms with Crippen molar-refractivity contribution in [3.63, 3.8) is 0 Å². The topological polar surface area (TPSA) is 35.6 Å². The first-order chi connectivity index (χ1) is 11.7. The van der Waals surface area contributed by atoms with Gasteiger partial charge in [-0.3, -0.25) is 4.79 Å². The van der Waals surface area contributed by atoms with Gasteiger partial charge in [-0.1, -0.05) is 11.6 Å². The Labute approximate surface area is 170 Å². The lowest BCUT2D eigenvalue weighted by atomic mass is 9.93. The van der Waals surface area contributed by atoms with Crippen LogP contribution in [-0.2, 0) is 0 Å². The maximum absolute atomic E-state index is 13.1. The molecule has 1 aromatic rings. The second-order valence-corrected chi connectivity index (χ2v) is 7.34. The van der Waals surface area contributed by atoms with Crippen LogP contribution in [0.5, 0.6) is 0 Å². The molecule has 0 spiro atoms. The quantitative estimate of drug-likeness (QED) is 0.812. The predicted octanol–water partition coefficient (Wildman–Crippen LogP) is 3.90. The number of amides is 1. The van der Waals surface area contributed by atoms with Crippen LogP contribution in [0.15, 0.2) is 18.2 Å². The van der Waals surface area contributed by atoms with E-state index in [0.717, 1.165) is 62.7 Å². The van der Waals surface area contributed by atoms with Gasteiger partial charge in [-0.05, 0) is 70.7 Å². The van der Waals surface area contributed by atoms with E-state index in [-0.39, 0.29) is 30.7 Å². The molecule has 2 fully saturated rings. The van der Waals surface area contributed by atoms with Gasteiger partial charge in [-0.2, -0.15) is 0 Å². The van der Waals surface area contributed by atoms with Gasteiger partial charge in [0.15, 0.2) is 0 Å². The van der Waals surface area contributed by atoms with E-state index in [0.29, 0.717) is 0 Å². The van der Waals surface area contributed by atoms with Crippen LogP contribution in [0.4, 0.5) is 5.69 Å². The first-order valence-electron chi connectivity index (χ1n) is 9.48. The Morgan fingerprint density at radius 1 is 1.12 bits per heavy atom. The first kappa shape index (κ1) is 23.1. The average molecular weight is 402 g/mol. The molecule has 4 nitrogen and oxygen atoms in total. The van der Waals surface area contributed by atoms with Crippen molar-refractivity contribution in [3.05, 3.63) is 29.3 Å². The third-order valence-electron chi connectivity index (χ3n) is 5.53. The molecular formula is C20H33Cl2N3O. The standard InChI is InChI=1S/C20H31N3O.2ClH/c1-16-5-6-19(22-11-3-4-12-22)18(15-16)20(24)23-13-8-17(9-14-23)7-10-21-2;;/h5-6,15,17,21H,3-4,7-14H2,1-2H3;2*1H. The molecule has 2 heterocycles. The third kappa shape index (κ3) is 5.51. The van der Waals surface area contributed by atoms with Crippen molar-refractivity contribution in [3.8, 4) is 0 Å². The largest absolute Gasteiger partial charge is 0.371 e. The van der Waals surface area contributed by atoms with Crippen LogP contribution < -0.4 is 10.2 Å². The average Bonchev–Trinajstić information content (AvgIpc) is 3.14. The maximum atomic E-state index is 13.1. The molecule has 0 radical (unpaired) electrons. The van der Waals surface area contributed by atoms with Gasteiger partial charge in [0.25, 0.3) is 5.91 Å². The molecule has 1 N–H and O–H groups in total. The Hall–Kier alpha value is -0.970. The second kappa shape index (κ2) is 11.0. The number of nitrogens with one attached hydrogen (secondary N) is 1. The van der Waals surface area contributed by atoms with Gasteiger partial charge in [0, 0.05) is 31.9 Å². The van der Waals surface area contributed by atoms with Gasteiger partial charge < -0.3 is 15.1 Å². The van der Waals surface area contributed by atoms with Crippen molar-refractivity contribution in [1.82, 2.24) is 10.2 Å². The molecule has 0 unspecified atom stereocenters. The number of anilines is 1. The zero-order chi connectivity index (χ0) is 16.9. The zero-order valence-electron chi connectivity index (χ0n) is 16.0. The molecule has 1 aromatic carbocycles. The fourth-order valence-corrected chi connectivity index (χ4v) is 4.00. The summed E-state index contributed by atoms with van der Waals surface area (Å²) in [6, 6.07) is 6.37. The normalized spacial score (nSPS) is 17.6. The summed E-state index contributed by atoms with van der Waals surface area (Å²) in [5, 5.41) is 3.23. The molecule has 0 atom stereocenters. The van der Waals surface area contributed by atoms with E-state index in [9.17, 15) is 4.79 Å². The highest BCUT2D eigenvalue weighted by Gasteiger charge is 2.26. The Morgan fingerprint density at radius 2 is 1.77 bits per heavy atom. The summed E-state index contributed by atoms with van der Waals surface area (Å²) in [5.74, 6) is 0.990. The number of piperidine rings is 1. The van der Waals surface area contributed by atoms with E-state index < -0.39 is 0 Å². The molecule has 2 saturated heterocycles. The van der Waals surface area contributed by atoms with Crippen molar-refractivity contribution in [2.75, 3.05) is 44.7 Å². The van der Waals surface area contributed by atoms with Gasteiger partial charge >= 0.3 is 0 Å². The Bertz CT molecular complexity index is 568. The lowest BCUT2D eigenvalue weighted by molar-refractivity contribution is 0.0687. The molecule has 0 bridgehead atoms. The highest BCUT2D eigenvalue weighted by Crippen LogP contribution is 2.28. The molecule has 0 saturated carbocycles. The van der Waals surface area contributed by atoms with Crippen molar-refractivity contribution in [2.24, 2.45) is 5.92 Å². The third-order valence-corrected chi connectivity index (χ3v) is 5.53. The predicted molar refractivity (Wildman–Crippen MR) is 114 cm³/mol. The van der Waals surface area contributed by atoms with Crippen molar-refractivity contribution in [1.29, 1.82) is 0 Å². The van der Waals surface area contributed by atoms with Crippen LogP contribution in [0, 0.1) is 12.8 Å². The van der Waals surface area contributed by atoms with Crippen LogP contribution in [0.25, 0.3) is 0 Å². The minimum Gasteiger partial charge on any atom is -0.371 e. The van der Waals surface area contributed by atoms with E-state index in [1.54, 1.807) is 0 Å². The highest BCUT2D eigenvalue weighted by atomic mass is 35.5. The van der Waals surface area contributed by atoms with Crippen molar-refractivity contribution in [2.45, 2.75) is 39.0 Å². The Morgan fingerprint density at radius 3 is 2.38 bits per heavy atom. The number of hydrogen-bond donors (Lipinski definition) is 1. The fourth-order valence-electron chi connectivity index (χ4n) is 4.00. The van der Waals surface area contributed by atoms with Gasteiger partial charge in [-0.25, -0.2) is 0 Å². The number of benzene rings is 1. The number of aryl methyl sites for hydroxylation is 1. The van der Waals surface area contributed by atoms with Gasteiger partial charge in [0.2, 0.25) is 0 Å². The maximum Gasteiger partial charge on any atom is 0.255 e. The number of nitrogens with zero attached hydrogens (tertiary/aromatic N) is 2. The van der Waals surface area contributed by atoms with Crippen molar-refractivity contribution < 1.29 is 4.79 Å².